The Morgan fingerprint density at radius 3 is 2.86 bits per heavy atom. The molecule has 0 spiro atoms. The fourth-order valence-electron chi connectivity index (χ4n) is 3.10. The third-order valence-corrected chi connectivity index (χ3v) is 4.09. The molecule has 124 valence electrons. The summed E-state index contributed by atoms with van der Waals surface area (Å²) in [4.78, 5) is 16.4. The van der Waals surface area contributed by atoms with Gasteiger partial charge in [-0.15, -0.1) is 0 Å². The van der Waals surface area contributed by atoms with Gasteiger partial charge >= 0.3 is 6.03 Å². The van der Waals surface area contributed by atoms with Gasteiger partial charge in [-0.2, -0.15) is 5.10 Å². The Morgan fingerprint density at radius 2 is 2.23 bits per heavy atom. The maximum Gasteiger partial charge on any atom is 0.317 e. The lowest BCUT2D eigenvalue weighted by atomic mass is 10.1. The third-order valence-electron chi connectivity index (χ3n) is 4.09. The van der Waals surface area contributed by atoms with Gasteiger partial charge in [0.25, 0.3) is 0 Å². The average Bonchev–Trinajstić information content (AvgIpc) is 3.00. The summed E-state index contributed by atoms with van der Waals surface area (Å²) in [6.45, 7) is 5.05. The van der Waals surface area contributed by atoms with Crippen LogP contribution in [0.1, 0.15) is 17.7 Å². The molecule has 1 atom stereocenters. The summed E-state index contributed by atoms with van der Waals surface area (Å²) >= 11 is 0. The van der Waals surface area contributed by atoms with E-state index in [0.717, 1.165) is 37.3 Å². The molecule has 1 aliphatic heterocycles. The van der Waals surface area contributed by atoms with E-state index in [9.17, 15) is 4.79 Å². The fraction of sp³-hybridized carbons (Fsp3) is 0.733. The summed E-state index contributed by atoms with van der Waals surface area (Å²) < 4.78 is 7.04. The molecule has 1 fully saturated rings. The largest absolute Gasteiger partial charge is 0.481 e. The Kier molecular flexibility index (Phi) is 5.28. The number of hydrogen-bond acceptors (Lipinski definition) is 4. The first-order chi connectivity index (χ1) is 10.4. The van der Waals surface area contributed by atoms with Crippen molar-refractivity contribution in [3.63, 3.8) is 0 Å². The zero-order valence-electron chi connectivity index (χ0n) is 14.2. The number of carbonyl (C=O) groups is 1. The quantitative estimate of drug-likeness (QED) is 0.875. The van der Waals surface area contributed by atoms with Crippen molar-refractivity contribution in [3.8, 4) is 5.88 Å². The van der Waals surface area contributed by atoms with Crippen LogP contribution in [0, 0.1) is 12.8 Å². The first kappa shape index (κ1) is 16.6. The first-order valence-electron chi connectivity index (χ1n) is 7.66. The number of urea groups is 1. The second-order valence-electron chi connectivity index (χ2n) is 6.22. The van der Waals surface area contributed by atoms with Crippen LogP contribution < -0.4 is 10.1 Å². The molecule has 0 aliphatic carbocycles. The molecule has 1 N–H and O–H groups in total. The summed E-state index contributed by atoms with van der Waals surface area (Å²) in [5, 5.41) is 7.31. The highest BCUT2D eigenvalue weighted by Crippen LogP contribution is 2.21. The van der Waals surface area contributed by atoms with E-state index >= 15 is 0 Å². The Bertz CT molecular complexity index is 526. The van der Waals surface area contributed by atoms with Crippen molar-refractivity contribution in [1.29, 1.82) is 0 Å². The minimum Gasteiger partial charge on any atom is -0.481 e. The van der Waals surface area contributed by atoms with Crippen LogP contribution in [0.3, 0.4) is 0 Å². The number of rotatable bonds is 5. The van der Waals surface area contributed by atoms with E-state index in [-0.39, 0.29) is 6.03 Å². The molecule has 0 unspecified atom stereocenters. The van der Waals surface area contributed by atoms with Crippen LogP contribution >= 0.6 is 0 Å². The van der Waals surface area contributed by atoms with Gasteiger partial charge in [0, 0.05) is 26.7 Å². The average molecular weight is 309 g/mol. The molecule has 7 heteroatoms. The highest BCUT2D eigenvalue weighted by molar-refractivity contribution is 5.74. The monoisotopic (exact) mass is 309 g/mol. The van der Waals surface area contributed by atoms with Crippen LogP contribution in [-0.4, -0.2) is 66.5 Å². The van der Waals surface area contributed by atoms with Gasteiger partial charge < -0.3 is 19.9 Å². The SMILES string of the molecule is COc1c(CNC(=O)N2CC[C@H](CN(C)C)C2)c(C)nn1C. The summed E-state index contributed by atoms with van der Waals surface area (Å²) in [5.74, 6) is 1.26. The van der Waals surface area contributed by atoms with Gasteiger partial charge in [0.05, 0.1) is 24.9 Å². The van der Waals surface area contributed by atoms with E-state index in [1.807, 2.05) is 18.9 Å². The fourth-order valence-corrected chi connectivity index (χ4v) is 3.10. The van der Waals surface area contributed by atoms with Gasteiger partial charge in [0.15, 0.2) is 0 Å². The molecule has 1 aromatic heterocycles. The predicted octanol–water partition coefficient (Wildman–Crippen LogP) is 0.830. The van der Waals surface area contributed by atoms with Crippen molar-refractivity contribution in [2.45, 2.75) is 19.9 Å². The Labute approximate surface area is 132 Å². The molecule has 2 heterocycles. The van der Waals surface area contributed by atoms with Gasteiger partial charge in [-0.05, 0) is 33.4 Å². The standard InChI is InChI=1S/C15H27N5O2/c1-11-13(14(22-5)19(4)17-11)8-16-15(21)20-7-6-12(10-20)9-18(2)3/h12H,6-10H2,1-5H3,(H,16,21)/t12-/m1/s1. The number of methoxy groups -OCH3 is 1. The third kappa shape index (κ3) is 3.71. The van der Waals surface area contributed by atoms with Crippen LogP contribution in [0.25, 0.3) is 0 Å². The first-order valence-corrected chi connectivity index (χ1v) is 7.66. The highest BCUT2D eigenvalue weighted by atomic mass is 16.5. The highest BCUT2D eigenvalue weighted by Gasteiger charge is 2.26. The lowest BCUT2D eigenvalue weighted by Gasteiger charge is -2.19. The molecule has 0 saturated carbocycles. The maximum atomic E-state index is 12.3. The minimum atomic E-state index is -0.00781. The van der Waals surface area contributed by atoms with Gasteiger partial charge in [-0.3, -0.25) is 0 Å². The summed E-state index contributed by atoms with van der Waals surface area (Å²) in [6.07, 6.45) is 1.07. The molecule has 22 heavy (non-hydrogen) atoms. The molecule has 1 aromatic rings. The minimum absolute atomic E-state index is 0.00781. The van der Waals surface area contributed by atoms with E-state index in [2.05, 4.69) is 29.4 Å². The van der Waals surface area contributed by atoms with E-state index in [4.69, 9.17) is 4.74 Å². The number of aromatic nitrogens is 2. The van der Waals surface area contributed by atoms with Gasteiger partial charge in [-0.25, -0.2) is 9.48 Å². The normalized spacial score (nSPS) is 18.1. The Balaban J connectivity index is 1.89. The number of carbonyl (C=O) groups excluding carboxylic acids is 1. The number of hydrogen-bond donors (Lipinski definition) is 1. The van der Waals surface area contributed by atoms with Crippen molar-refractivity contribution in [1.82, 2.24) is 24.9 Å². The lowest BCUT2D eigenvalue weighted by Crippen LogP contribution is -2.38. The number of aryl methyl sites for hydroxylation is 2. The van der Waals surface area contributed by atoms with Gasteiger partial charge in [0.2, 0.25) is 5.88 Å². The van der Waals surface area contributed by atoms with Crippen molar-refractivity contribution < 1.29 is 9.53 Å². The van der Waals surface area contributed by atoms with Crippen LogP contribution in [0.5, 0.6) is 5.88 Å². The van der Waals surface area contributed by atoms with Gasteiger partial charge in [-0.1, -0.05) is 0 Å². The zero-order valence-corrected chi connectivity index (χ0v) is 14.2. The van der Waals surface area contributed by atoms with Crippen molar-refractivity contribution in [2.24, 2.45) is 13.0 Å². The molecular formula is C15H27N5O2. The smallest absolute Gasteiger partial charge is 0.317 e. The summed E-state index contributed by atoms with van der Waals surface area (Å²) in [7, 11) is 7.60. The lowest BCUT2D eigenvalue weighted by molar-refractivity contribution is 0.205. The molecule has 1 aliphatic rings. The number of likely N-dealkylation sites (tertiary alicyclic amines) is 1. The van der Waals surface area contributed by atoms with E-state index in [0.29, 0.717) is 18.3 Å². The number of nitrogens with zero attached hydrogens (tertiary/aromatic N) is 4. The number of nitrogens with one attached hydrogen (secondary N) is 1. The molecule has 0 aromatic carbocycles. The second kappa shape index (κ2) is 7.00. The molecule has 1 saturated heterocycles. The molecule has 0 radical (unpaired) electrons. The second-order valence-corrected chi connectivity index (χ2v) is 6.22. The number of ether oxygens (including phenoxy) is 1. The maximum absolute atomic E-state index is 12.3. The Hall–Kier alpha value is -1.76. The summed E-state index contributed by atoms with van der Waals surface area (Å²) in [6, 6.07) is -0.00781. The van der Waals surface area contributed by atoms with E-state index in [1.165, 1.54) is 0 Å². The van der Waals surface area contributed by atoms with E-state index in [1.54, 1.807) is 11.8 Å². The van der Waals surface area contributed by atoms with Crippen molar-refractivity contribution in [2.75, 3.05) is 40.8 Å². The number of amides is 2. The molecule has 7 nitrogen and oxygen atoms in total. The zero-order chi connectivity index (χ0) is 16.3. The van der Waals surface area contributed by atoms with Crippen molar-refractivity contribution in [3.05, 3.63) is 11.3 Å². The predicted molar refractivity (Wildman–Crippen MR) is 85.0 cm³/mol. The summed E-state index contributed by atoms with van der Waals surface area (Å²) in [5.41, 5.74) is 1.81. The topological polar surface area (TPSA) is 62.6 Å². The molecule has 0 bridgehead atoms. The van der Waals surface area contributed by atoms with Gasteiger partial charge in [0.1, 0.15) is 0 Å². The van der Waals surface area contributed by atoms with Crippen LogP contribution in [0.4, 0.5) is 4.79 Å². The molecule has 2 amide bonds. The van der Waals surface area contributed by atoms with Crippen LogP contribution in [-0.2, 0) is 13.6 Å². The Morgan fingerprint density at radius 1 is 1.50 bits per heavy atom. The molecule has 2 rings (SSSR count). The molecular weight excluding hydrogens is 282 g/mol. The van der Waals surface area contributed by atoms with Crippen molar-refractivity contribution >= 4 is 6.03 Å². The van der Waals surface area contributed by atoms with Crippen LogP contribution in [0.15, 0.2) is 0 Å². The van der Waals surface area contributed by atoms with Crippen LogP contribution in [0.2, 0.25) is 0 Å². The van der Waals surface area contributed by atoms with E-state index < -0.39 is 0 Å².